The van der Waals surface area contributed by atoms with Gasteiger partial charge in [0.1, 0.15) is 5.82 Å². The number of hydrogen-bond acceptors (Lipinski definition) is 5. The van der Waals surface area contributed by atoms with Gasteiger partial charge in [-0.1, -0.05) is 0 Å². The Morgan fingerprint density at radius 2 is 2.32 bits per heavy atom. The van der Waals surface area contributed by atoms with E-state index in [2.05, 4.69) is 15.6 Å². The second-order valence-electron chi connectivity index (χ2n) is 4.84. The molecule has 1 amide bonds. The van der Waals surface area contributed by atoms with E-state index in [0.29, 0.717) is 18.7 Å². The summed E-state index contributed by atoms with van der Waals surface area (Å²) in [6, 6.07) is 3.53. The van der Waals surface area contributed by atoms with Crippen molar-refractivity contribution in [1.82, 2.24) is 10.3 Å². The van der Waals surface area contributed by atoms with Gasteiger partial charge in [-0.2, -0.15) is 0 Å². The largest absolute Gasteiger partial charge is 0.380 e. The van der Waals surface area contributed by atoms with Crippen molar-refractivity contribution < 1.29 is 9.53 Å². The fourth-order valence-electron chi connectivity index (χ4n) is 2.04. The van der Waals surface area contributed by atoms with Crippen molar-refractivity contribution in [2.75, 3.05) is 38.0 Å². The molecule has 0 bridgehead atoms. The predicted octanol–water partition coefficient (Wildman–Crippen LogP) is 0.463. The van der Waals surface area contributed by atoms with E-state index in [4.69, 9.17) is 4.74 Å². The number of pyridine rings is 1. The Balaban J connectivity index is 1.92. The molecular weight excluding hydrogens is 244 g/mol. The average molecular weight is 264 g/mol. The first-order chi connectivity index (χ1) is 9.10. The summed E-state index contributed by atoms with van der Waals surface area (Å²) < 4.78 is 5.22. The summed E-state index contributed by atoms with van der Waals surface area (Å²) in [6.07, 6.45) is 2.48. The smallest absolute Gasteiger partial charge is 0.241 e. The molecule has 1 aliphatic rings. The SMILES string of the molecule is COC1CNC(C(=O)Nc2ccc(N(C)C)nc2)C1. The van der Waals surface area contributed by atoms with Crippen LogP contribution in [-0.4, -0.2) is 50.8 Å². The number of rotatable bonds is 4. The minimum atomic E-state index is -0.196. The summed E-state index contributed by atoms with van der Waals surface area (Å²) in [4.78, 5) is 18.2. The number of anilines is 2. The summed E-state index contributed by atoms with van der Waals surface area (Å²) in [7, 11) is 5.51. The van der Waals surface area contributed by atoms with Gasteiger partial charge in [-0.3, -0.25) is 4.79 Å². The molecule has 0 radical (unpaired) electrons. The van der Waals surface area contributed by atoms with E-state index in [1.54, 1.807) is 13.3 Å². The molecule has 0 saturated carbocycles. The van der Waals surface area contributed by atoms with Crippen LogP contribution in [0.2, 0.25) is 0 Å². The van der Waals surface area contributed by atoms with Gasteiger partial charge >= 0.3 is 0 Å². The van der Waals surface area contributed by atoms with Crippen molar-refractivity contribution in [3.8, 4) is 0 Å². The molecule has 1 aliphatic heterocycles. The van der Waals surface area contributed by atoms with Crippen LogP contribution in [0.1, 0.15) is 6.42 Å². The van der Waals surface area contributed by atoms with Gasteiger partial charge in [-0.25, -0.2) is 4.98 Å². The molecule has 104 valence electrons. The number of carbonyl (C=O) groups excluding carboxylic acids is 1. The summed E-state index contributed by atoms with van der Waals surface area (Å²) in [5.74, 6) is 0.815. The molecule has 0 aliphatic carbocycles. The molecule has 2 atom stereocenters. The zero-order valence-corrected chi connectivity index (χ0v) is 11.5. The summed E-state index contributed by atoms with van der Waals surface area (Å²) >= 11 is 0. The van der Waals surface area contributed by atoms with Crippen LogP contribution < -0.4 is 15.5 Å². The van der Waals surface area contributed by atoms with Crippen molar-refractivity contribution in [3.63, 3.8) is 0 Å². The lowest BCUT2D eigenvalue weighted by molar-refractivity contribution is -0.118. The first-order valence-electron chi connectivity index (χ1n) is 6.30. The first kappa shape index (κ1) is 13.8. The third-order valence-electron chi connectivity index (χ3n) is 3.21. The molecule has 0 aromatic carbocycles. The zero-order valence-electron chi connectivity index (χ0n) is 11.5. The highest BCUT2D eigenvalue weighted by Crippen LogP contribution is 2.14. The number of nitrogens with one attached hydrogen (secondary N) is 2. The van der Waals surface area contributed by atoms with Gasteiger partial charge in [0.05, 0.1) is 24.0 Å². The van der Waals surface area contributed by atoms with Gasteiger partial charge in [0.25, 0.3) is 0 Å². The van der Waals surface area contributed by atoms with E-state index in [1.165, 1.54) is 0 Å². The lowest BCUT2D eigenvalue weighted by atomic mass is 10.2. The number of amides is 1. The maximum absolute atomic E-state index is 12.0. The highest BCUT2D eigenvalue weighted by molar-refractivity contribution is 5.95. The molecule has 2 N–H and O–H groups in total. The second kappa shape index (κ2) is 5.99. The van der Waals surface area contributed by atoms with E-state index in [0.717, 1.165) is 5.82 Å². The minimum absolute atomic E-state index is 0.0426. The van der Waals surface area contributed by atoms with Crippen molar-refractivity contribution in [1.29, 1.82) is 0 Å². The molecule has 6 heteroatoms. The summed E-state index contributed by atoms with van der Waals surface area (Å²) in [5.41, 5.74) is 0.707. The minimum Gasteiger partial charge on any atom is -0.380 e. The summed E-state index contributed by atoms with van der Waals surface area (Å²) in [6.45, 7) is 0.715. The van der Waals surface area contributed by atoms with Crippen LogP contribution in [0.4, 0.5) is 11.5 Å². The average Bonchev–Trinajstić information content (AvgIpc) is 2.88. The highest BCUT2D eigenvalue weighted by atomic mass is 16.5. The number of nitrogens with zero attached hydrogens (tertiary/aromatic N) is 2. The fourth-order valence-corrected chi connectivity index (χ4v) is 2.04. The van der Waals surface area contributed by atoms with Gasteiger partial charge in [-0.15, -0.1) is 0 Å². The van der Waals surface area contributed by atoms with Crippen molar-refractivity contribution in [2.24, 2.45) is 0 Å². The fraction of sp³-hybridized carbons (Fsp3) is 0.538. The summed E-state index contributed by atoms with van der Waals surface area (Å²) in [5, 5.41) is 6.00. The third-order valence-corrected chi connectivity index (χ3v) is 3.21. The molecule has 1 aromatic heterocycles. The molecule has 1 saturated heterocycles. The number of aromatic nitrogens is 1. The van der Waals surface area contributed by atoms with E-state index in [-0.39, 0.29) is 18.1 Å². The molecule has 2 heterocycles. The van der Waals surface area contributed by atoms with Crippen molar-refractivity contribution in [3.05, 3.63) is 18.3 Å². The number of hydrogen-bond donors (Lipinski definition) is 2. The van der Waals surface area contributed by atoms with Crippen LogP contribution in [0.15, 0.2) is 18.3 Å². The van der Waals surface area contributed by atoms with Crippen LogP contribution in [0.25, 0.3) is 0 Å². The van der Waals surface area contributed by atoms with Gasteiger partial charge in [0, 0.05) is 27.7 Å². The van der Waals surface area contributed by atoms with Crippen LogP contribution >= 0.6 is 0 Å². The Bertz CT molecular complexity index is 433. The third kappa shape index (κ3) is 3.42. The zero-order chi connectivity index (χ0) is 13.8. The molecular formula is C13H20N4O2. The molecule has 19 heavy (non-hydrogen) atoms. The molecule has 2 rings (SSSR count). The van der Waals surface area contributed by atoms with Crippen molar-refractivity contribution in [2.45, 2.75) is 18.6 Å². The Morgan fingerprint density at radius 3 is 2.84 bits per heavy atom. The normalized spacial score (nSPS) is 22.3. The lowest BCUT2D eigenvalue weighted by Gasteiger charge is -2.13. The Hall–Kier alpha value is -1.66. The molecule has 1 aromatic rings. The predicted molar refractivity (Wildman–Crippen MR) is 74.4 cm³/mol. The van der Waals surface area contributed by atoms with Crippen LogP contribution in [0, 0.1) is 0 Å². The lowest BCUT2D eigenvalue weighted by Crippen LogP contribution is -2.35. The first-order valence-corrected chi connectivity index (χ1v) is 6.30. The van der Waals surface area contributed by atoms with E-state index in [1.807, 2.05) is 31.1 Å². The number of methoxy groups -OCH3 is 1. The number of carbonyl (C=O) groups is 1. The molecule has 0 spiro atoms. The quantitative estimate of drug-likeness (QED) is 0.827. The maximum Gasteiger partial charge on any atom is 0.241 e. The second-order valence-corrected chi connectivity index (χ2v) is 4.84. The standard InChI is InChI=1S/C13H20N4O2/c1-17(2)12-5-4-9(7-15-12)16-13(18)11-6-10(19-3)8-14-11/h4-5,7,10-11,14H,6,8H2,1-3H3,(H,16,18). The van der Waals surface area contributed by atoms with E-state index in [9.17, 15) is 4.79 Å². The Labute approximate surface area is 113 Å². The van der Waals surface area contributed by atoms with Gasteiger partial charge < -0.3 is 20.3 Å². The molecule has 1 fully saturated rings. The van der Waals surface area contributed by atoms with E-state index < -0.39 is 0 Å². The van der Waals surface area contributed by atoms with Crippen LogP contribution in [0.3, 0.4) is 0 Å². The Morgan fingerprint density at radius 1 is 1.53 bits per heavy atom. The monoisotopic (exact) mass is 264 g/mol. The Kier molecular flexibility index (Phi) is 4.34. The highest BCUT2D eigenvalue weighted by Gasteiger charge is 2.29. The van der Waals surface area contributed by atoms with Gasteiger partial charge in [0.2, 0.25) is 5.91 Å². The van der Waals surface area contributed by atoms with Crippen LogP contribution in [-0.2, 0) is 9.53 Å². The maximum atomic E-state index is 12.0. The topological polar surface area (TPSA) is 66.5 Å². The number of ether oxygens (including phenoxy) is 1. The van der Waals surface area contributed by atoms with Crippen molar-refractivity contribution >= 4 is 17.4 Å². The van der Waals surface area contributed by atoms with Gasteiger partial charge in [0.15, 0.2) is 0 Å². The molecule has 6 nitrogen and oxygen atoms in total. The molecule has 2 unspecified atom stereocenters. The van der Waals surface area contributed by atoms with Crippen LogP contribution in [0.5, 0.6) is 0 Å². The van der Waals surface area contributed by atoms with E-state index >= 15 is 0 Å². The van der Waals surface area contributed by atoms with Gasteiger partial charge in [-0.05, 0) is 18.6 Å².